The van der Waals surface area contributed by atoms with Crippen LogP contribution in [0.2, 0.25) is 0 Å². The van der Waals surface area contributed by atoms with Gasteiger partial charge in [0.25, 0.3) is 0 Å². The van der Waals surface area contributed by atoms with Gasteiger partial charge in [0, 0.05) is 25.2 Å². The van der Waals surface area contributed by atoms with Crippen molar-refractivity contribution in [3.05, 3.63) is 0 Å². The molecule has 0 radical (unpaired) electrons. The van der Waals surface area contributed by atoms with E-state index < -0.39 is 17.9 Å². The van der Waals surface area contributed by atoms with Gasteiger partial charge in [-0.3, -0.25) is 14.4 Å². The monoisotopic (exact) mass is 366 g/mol. The highest BCUT2D eigenvalue weighted by molar-refractivity contribution is 6.35. The Labute approximate surface area is 156 Å². The molecule has 26 heavy (non-hydrogen) atoms. The molecule has 2 heterocycles. The summed E-state index contributed by atoms with van der Waals surface area (Å²) >= 11 is 0. The van der Waals surface area contributed by atoms with Crippen LogP contribution in [-0.2, 0) is 14.4 Å². The van der Waals surface area contributed by atoms with Gasteiger partial charge in [-0.25, -0.2) is 0 Å². The molecule has 0 aromatic heterocycles. The number of nitrogens with one attached hydrogen (secondary N) is 2. The third-order valence-electron chi connectivity index (χ3n) is 5.54. The first-order chi connectivity index (χ1) is 12.4. The summed E-state index contributed by atoms with van der Waals surface area (Å²) in [6, 6.07) is -0.598. The Kier molecular flexibility index (Phi) is 7.87. The minimum Gasteiger partial charge on any atom is -0.353 e. The second-order valence-electron chi connectivity index (χ2n) is 7.73. The first kappa shape index (κ1) is 20.7. The third-order valence-corrected chi connectivity index (χ3v) is 5.54. The molecule has 7 heteroatoms. The molecule has 0 unspecified atom stereocenters. The van der Waals surface area contributed by atoms with Crippen molar-refractivity contribution in [2.75, 3.05) is 26.2 Å². The highest BCUT2D eigenvalue weighted by Gasteiger charge is 2.33. The third kappa shape index (κ3) is 5.69. The van der Waals surface area contributed by atoms with E-state index in [0.717, 1.165) is 38.9 Å². The van der Waals surface area contributed by atoms with Crippen molar-refractivity contribution in [1.82, 2.24) is 20.4 Å². The van der Waals surface area contributed by atoms with Gasteiger partial charge in [-0.15, -0.1) is 0 Å². The minimum absolute atomic E-state index is 0.0608. The van der Waals surface area contributed by atoms with Crippen molar-refractivity contribution < 1.29 is 14.4 Å². The molecule has 0 bridgehead atoms. The zero-order chi connectivity index (χ0) is 19.1. The van der Waals surface area contributed by atoms with Crippen molar-refractivity contribution in [3.8, 4) is 0 Å². The van der Waals surface area contributed by atoms with Crippen molar-refractivity contribution in [2.45, 2.75) is 77.4 Å². The van der Waals surface area contributed by atoms with Gasteiger partial charge in [0.05, 0.1) is 0 Å². The molecule has 148 valence electrons. The lowest BCUT2D eigenvalue weighted by molar-refractivity contribution is -0.150. The molecule has 3 atom stereocenters. The van der Waals surface area contributed by atoms with E-state index in [-0.39, 0.29) is 18.0 Å². The number of amides is 3. The Balaban J connectivity index is 1.74. The predicted octanol–water partition coefficient (Wildman–Crippen LogP) is 0.883. The number of piperidine rings is 2. The van der Waals surface area contributed by atoms with Gasteiger partial charge in [-0.1, -0.05) is 6.42 Å². The molecule has 2 fully saturated rings. The standard InChI is InChI=1S/C19H34N4O3/c1-14-8-7-9-15(2)23(14)19(26)18(25)21-16(3)17(24)20-10-13-22-11-5-4-6-12-22/h14-16H,4-13H2,1-3H3,(H,20,24)(H,21,25)/t14-,15+,16-/m1/s1. The lowest BCUT2D eigenvalue weighted by Gasteiger charge is -2.38. The first-order valence-corrected chi connectivity index (χ1v) is 10.0. The molecule has 7 nitrogen and oxygen atoms in total. The Morgan fingerprint density at radius 3 is 2.23 bits per heavy atom. The van der Waals surface area contributed by atoms with E-state index >= 15 is 0 Å². The van der Waals surface area contributed by atoms with E-state index in [4.69, 9.17) is 0 Å². The zero-order valence-corrected chi connectivity index (χ0v) is 16.4. The normalized spacial score (nSPS) is 25.4. The van der Waals surface area contributed by atoms with Crippen LogP contribution in [0.4, 0.5) is 0 Å². The number of hydrogen-bond donors (Lipinski definition) is 2. The quantitative estimate of drug-likeness (QED) is 0.708. The van der Waals surface area contributed by atoms with Gasteiger partial charge >= 0.3 is 11.8 Å². The number of carbonyl (C=O) groups excluding carboxylic acids is 3. The highest BCUT2D eigenvalue weighted by Crippen LogP contribution is 2.22. The Morgan fingerprint density at radius 2 is 1.62 bits per heavy atom. The molecule has 0 aromatic rings. The van der Waals surface area contributed by atoms with E-state index in [0.29, 0.717) is 6.54 Å². The van der Waals surface area contributed by atoms with Crippen molar-refractivity contribution in [2.24, 2.45) is 0 Å². The topological polar surface area (TPSA) is 81.8 Å². The molecule has 0 spiro atoms. The summed E-state index contributed by atoms with van der Waals surface area (Å²) in [4.78, 5) is 40.9. The van der Waals surface area contributed by atoms with Gasteiger partial charge in [0.1, 0.15) is 6.04 Å². The van der Waals surface area contributed by atoms with E-state index in [2.05, 4.69) is 15.5 Å². The van der Waals surface area contributed by atoms with Crippen molar-refractivity contribution in [1.29, 1.82) is 0 Å². The SMILES string of the molecule is C[C@@H]1CCC[C@H](C)N1C(=O)C(=O)N[C@H](C)C(=O)NCCN1CCCCC1. The zero-order valence-electron chi connectivity index (χ0n) is 16.4. The van der Waals surface area contributed by atoms with Gasteiger partial charge in [0.15, 0.2) is 0 Å². The minimum atomic E-state index is -0.719. The summed E-state index contributed by atoms with van der Waals surface area (Å²) < 4.78 is 0. The van der Waals surface area contributed by atoms with Crippen LogP contribution in [0.3, 0.4) is 0 Å². The van der Waals surface area contributed by atoms with Gasteiger partial charge in [-0.05, 0) is 66.0 Å². The molecule has 0 aromatic carbocycles. The van der Waals surface area contributed by atoms with Gasteiger partial charge in [0.2, 0.25) is 5.91 Å². The van der Waals surface area contributed by atoms with Crippen LogP contribution in [0.25, 0.3) is 0 Å². The molecule has 3 amide bonds. The fourth-order valence-corrected chi connectivity index (χ4v) is 3.94. The van der Waals surface area contributed by atoms with Crippen molar-refractivity contribution in [3.63, 3.8) is 0 Å². The molecule has 0 saturated carbocycles. The van der Waals surface area contributed by atoms with Crippen LogP contribution in [-0.4, -0.2) is 71.8 Å². The molecule has 2 rings (SSSR count). The summed E-state index contributed by atoms with van der Waals surface area (Å²) in [7, 11) is 0. The lowest BCUT2D eigenvalue weighted by Crippen LogP contribution is -2.55. The summed E-state index contributed by atoms with van der Waals surface area (Å²) in [5, 5.41) is 5.40. The summed E-state index contributed by atoms with van der Waals surface area (Å²) in [5.74, 6) is -1.47. The van der Waals surface area contributed by atoms with E-state index in [1.807, 2.05) is 13.8 Å². The van der Waals surface area contributed by atoms with Gasteiger partial charge in [-0.2, -0.15) is 0 Å². The van der Waals surface area contributed by atoms with Crippen LogP contribution in [0.5, 0.6) is 0 Å². The largest absolute Gasteiger partial charge is 0.353 e. The fourth-order valence-electron chi connectivity index (χ4n) is 3.94. The Morgan fingerprint density at radius 1 is 1.00 bits per heavy atom. The highest BCUT2D eigenvalue weighted by atomic mass is 16.2. The Hall–Kier alpha value is -1.63. The van der Waals surface area contributed by atoms with E-state index in [1.54, 1.807) is 11.8 Å². The smallest absolute Gasteiger partial charge is 0.312 e. The average molecular weight is 367 g/mol. The van der Waals surface area contributed by atoms with Crippen LogP contribution < -0.4 is 10.6 Å². The van der Waals surface area contributed by atoms with E-state index in [9.17, 15) is 14.4 Å². The Bertz CT molecular complexity index is 495. The second-order valence-corrected chi connectivity index (χ2v) is 7.73. The lowest BCUT2D eigenvalue weighted by atomic mass is 9.97. The molecule has 2 aliphatic heterocycles. The van der Waals surface area contributed by atoms with Crippen molar-refractivity contribution >= 4 is 17.7 Å². The number of nitrogens with zero attached hydrogens (tertiary/aromatic N) is 2. The molecule has 2 saturated heterocycles. The van der Waals surface area contributed by atoms with E-state index in [1.165, 1.54) is 19.3 Å². The molecule has 2 N–H and O–H groups in total. The molecular formula is C19H34N4O3. The predicted molar refractivity (Wildman–Crippen MR) is 101 cm³/mol. The molecular weight excluding hydrogens is 332 g/mol. The van der Waals surface area contributed by atoms with Crippen LogP contribution in [0, 0.1) is 0 Å². The second kappa shape index (κ2) is 9.90. The van der Waals surface area contributed by atoms with Crippen LogP contribution in [0.15, 0.2) is 0 Å². The van der Waals surface area contributed by atoms with Gasteiger partial charge < -0.3 is 20.4 Å². The summed E-state index contributed by atoms with van der Waals surface area (Å²) in [6.07, 6.45) is 6.62. The van der Waals surface area contributed by atoms with Crippen LogP contribution >= 0.6 is 0 Å². The molecule has 0 aliphatic carbocycles. The summed E-state index contributed by atoms with van der Waals surface area (Å²) in [6.45, 7) is 9.12. The fraction of sp³-hybridized carbons (Fsp3) is 0.842. The maximum atomic E-state index is 12.5. The maximum absolute atomic E-state index is 12.5. The van der Waals surface area contributed by atoms with Crippen LogP contribution in [0.1, 0.15) is 59.3 Å². The number of rotatable bonds is 5. The average Bonchev–Trinajstić information content (AvgIpc) is 2.62. The molecule has 2 aliphatic rings. The first-order valence-electron chi connectivity index (χ1n) is 10.0. The number of likely N-dealkylation sites (tertiary alicyclic amines) is 2. The maximum Gasteiger partial charge on any atom is 0.312 e. The number of carbonyl (C=O) groups is 3. The summed E-state index contributed by atoms with van der Waals surface area (Å²) in [5.41, 5.74) is 0. The number of hydrogen-bond acceptors (Lipinski definition) is 4.